The Balaban J connectivity index is 1.45. The Morgan fingerprint density at radius 2 is 2.00 bits per heavy atom. The van der Waals surface area contributed by atoms with Crippen molar-refractivity contribution in [3.05, 3.63) is 84.1 Å². The number of methoxy groups -OCH3 is 1. The van der Waals surface area contributed by atoms with Crippen LogP contribution in [0.1, 0.15) is 47.6 Å². The fourth-order valence-corrected chi connectivity index (χ4v) is 4.89. The molecular weight excluding hydrogens is 494 g/mol. The van der Waals surface area contributed by atoms with Crippen molar-refractivity contribution < 1.29 is 14.3 Å². The number of aromatic nitrogens is 4. The number of rotatable bonds is 8. The van der Waals surface area contributed by atoms with E-state index in [1.807, 2.05) is 39.8 Å². The number of imidazole rings is 1. The molecule has 1 atom stereocenters. The van der Waals surface area contributed by atoms with Crippen LogP contribution >= 0.6 is 0 Å². The van der Waals surface area contributed by atoms with Crippen molar-refractivity contribution in [3.63, 3.8) is 0 Å². The lowest BCUT2D eigenvalue weighted by Crippen LogP contribution is -2.30. The van der Waals surface area contributed by atoms with Gasteiger partial charge in [-0.1, -0.05) is 25.1 Å². The first-order valence-electron chi connectivity index (χ1n) is 13.0. The van der Waals surface area contributed by atoms with Crippen molar-refractivity contribution in [2.24, 2.45) is 0 Å². The number of nitrogens with zero attached hydrogens (tertiary/aromatic N) is 5. The Hall–Kier alpha value is -4.57. The molecule has 10 nitrogen and oxygen atoms in total. The largest absolute Gasteiger partial charge is 0.382 e. The zero-order chi connectivity index (χ0) is 27.4. The van der Waals surface area contributed by atoms with Crippen LogP contribution in [0.15, 0.2) is 67.1 Å². The number of aryl methyl sites for hydroxylation is 1. The Morgan fingerprint density at radius 1 is 1.18 bits per heavy atom. The Bertz CT molecular complexity index is 1530. The fraction of sp³-hybridized carbons (Fsp3) is 0.276. The summed E-state index contributed by atoms with van der Waals surface area (Å²) in [6.45, 7) is 3.07. The first-order valence-corrected chi connectivity index (χ1v) is 13.0. The maximum atomic E-state index is 12.9. The number of carbonyl (C=O) groups is 2. The number of amides is 2. The van der Waals surface area contributed by atoms with E-state index in [-0.39, 0.29) is 17.9 Å². The molecule has 1 unspecified atom stereocenters. The number of likely N-dealkylation sites (tertiary alicyclic amines) is 1. The zero-order valence-corrected chi connectivity index (χ0v) is 22.0. The second kappa shape index (κ2) is 11.4. The third kappa shape index (κ3) is 5.37. The first-order chi connectivity index (χ1) is 19.0. The SMILES string of the molecule is CCc1ccnc(NC(=O)c2ccc(-c3nc(C4CCCN4C(=O)C=CCOC)n4ccnc(N)c34)cc2)c1. The molecule has 10 heteroatoms. The molecule has 1 saturated heterocycles. The minimum absolute atomic E-state index is 0.0794. The summed E-state index contributed by atoms with van der Waals surface area (Å²) >= 11 is 0. The van der Waals surface area contributed by atoms with Gasteiger partial charge >= 0.3 is 0 Å². The minimum atomic E-state index is -0.250. The molecule has 0 bridgehead atoms. The molecule has 3 aromatic heterocycles. The van der Waals surface area contributed by atoms with Gasteiger partial charge in [0.2, 0.25) is 5.91 Å². The van der Waals surface area contributed by atoms with Gasteiger partial charge in [-0.2, -0.15) is 0 Å². The molecule has 5 rings (SSSR count). The van der Waals surface area contributed by atoms with Crippen LogP contribution in [0, 0.1) is 0 Å². The Morgan fingerprint density at radius 3 is 2.77 bits per heavy atom. The van der Waals surface area contributed by atoms with Crippen LogP contribution in [0.2, 0.25) is 0 Å². The maximum absolute atomic E-state index is 12.9. The number of hydrogen-bond acceptors (Lipinski definition) is 7. The van der Waals surface area contributed by atoms with Gasteiger partial charge in [-0.3, -0.25) is 14.0 Å². The number of benzene rings is 1. The van der Waals surface area contributed by atoms with Gasteiger partial charge in [0.1, 0.15) is 28.7 Å². The van der Waals surface area contributed by atoms with Crippen LogP contribution < -0.4 is 11.1 Å². The molecule has 0 radical (unpaired) electrons. The summed E-state index contributed by atoms with van der Waals surface area (Å²) < 4.78 is 6.95. The molecule has 1 aromatic carbocycles. The number of fused-ring (bicyclic) bond motifs is 1. The average molecular weight is 526 g/mol. The third-order valence-electron chi connectivity index (χ3n) is 6.86. The Kier molecular flexibility index (Phi) is 7.64. The van der Waals surface area contributed by atoms with Gasteiger partial charge in [-0.05, 0) is 49.1 Å². The molecule has 1 aliphatic heterocycles. The van der Waals surface area contributed by atoms with Crippen molar-refractivity contribution in [1.82, 2.24) is 24.3 Å². The average Bonchev–Trinajstić information content (AvgIpc) is 3.59. The van der Waals surface area contributed by atoms with Gasteiger partial charge in [-0.15, -0.1) is 0 Å². The van der Waals surface area contributed by atoms with Crippen molar-refractivity contribution in [1.29, 1.82) is 0 Å². The van der Waals surface area contributed by atoms with E-state index in [0.717, 1.165) is 36.2 Å². The number of carbonyl (C=O) groups excluding carboxylic acids is 2. The standard InChI is InChI=1S/C29H31N7O3/c1-3-19-12-13-31-23(18-19)33-29(38)21-10-8-20(9-11-21)25-26-27(30)32-14-16-36(26)28(34-25)22-6-4-15-35(22)24(37)7-5-17-39-2/h5,7-14,16,18,22H,3-4,6,15,17H2,1-2H3,(H2,30,32)(H,31,33,38). The lowest BCUT2D eigenvalue weighted by molar-refractivity contribution is -0.127. The van der Waals surface area contributed by atoms with Crippen LogP contribution in [-0.2, 0) is 16.0 Å². The molecule has 1 aliphatic rings. The van der Waals surface area contributed by atoms with Crippen LogP contribution in [0.3, 0.4) is 0 Å². The van der Waals surface area contributed by atoms with Gasteiger partial charge in [0.15, 0.2) is 0 Å². The molecule has 0 spiro atoms. The second-order valence-electron chi connectivity index (χ2n) is 9.33. The summed E-state index contributed by atoms with van der Waals surface area (Å²) in [5.74, 6) is 1.25. The lowest BCUT2D eigenvalue weighted by atomic mass is 10.1. The molecule has 4 aromatic rings. The molecule has 3 N–H and O–H groups in total. The number of anilines is 2. The van der Waals surface area contributed by atoms with Gasteiger partial charge in [0.05, 0.1) is 12.6 Å². The highest BCUT2D eigenvalue weighted by Gasteiger charge is 2.33. The van der Waals surface area contributed by atoms with Crippen molar-refractivity contribution in [2.45, 2.75) is 32.2 Å². The number of nitrogens with one attached hydrogen (secondary N) is 1. The summed E-state index contributed by atoms with van der Waals surface area (Å²) in [6.07, 6.45) is 10.9. The summed E-state index contributed by atoms with van der Waals surface area (Å²) in [6, 6.07) is 10.8. The number of nitrogens with two attached hydrogens (primary N) is 1. The van der Waals surface area contributed by atoms with Gasteiger partial charge in [0.25, 0.3) is 5.91 Å². The first kappa shape index (κ1) is 26.1. The number of ether oxygens (including phenoxy) is 1. The molecule has 200 valence electrons. The summed E-state index contributed by atoms with van der Waals surface area (Å²) in [4.78, 5) is 41.1. The molecular formula is C29H31N7O3. The van der Waals surface area contributed by atoms with Crippen molar-refractivity contribution in [3.8, 4) is 11.3 Å². The summed E-state index contributed by atoms with van der Waals surface area (Å²) in [5.41, 5.74) is 10.0. The summed E-state index contributed by atoms with van der Waals surface area (Å²) in [5, 5.41) is 2.86. The normalized spacial score (nSPS) is 15.3. The highest BCUT2D eigenvalue weighted by Crippen LogP contribution is 2.36. The fourth-order valence-electron chi connectivity index (χ4n) is 4.89. The van der Waals surface area contributed by atoms with E-state index in [4.69, 9.17) is 15.5 Å². The number of pyridine rings is 1. The highest BCUT2D eigenvalue weighted by atomic mass is 16.5. The predicted octanol–water partition coefficient (Wildman–Crippen LogP) is 4.05. The van der Waals surface area contributed by atoms with Crippen molar-refractivity contribution in [2.75, 3.05) is 31.3 Å². The number of hydrogen-bond donors (Lipinski definition) is 2. The minimum Gasteiger partial charge on any atom is -0.382 e. The van der Waals surface area contributed by atoms with Crippen LogP contribution in [0.4, 0.5) is 11.6 Å². The van der Waals surface area contributed by atoms with Crippen LogP contribution in [0.25, 0.3) is 16.8 Å². The summed E-state index contributed by atoms with van der Waals surface area (Å²) in [7, 11) is 1.59. The highest BCUT2D eigenvalue weighted by molar-refractivity contribution is 6.04. The number of nitrogen functional groups attached to an aromatic ring is 1. The molecule has 39 heavy (non-hydrogen) atoms. The van der Waals surface area contributed by atoms with E-state index in [0.29, 0.717) is 41.6 Å². The topological polar surface area (TPSA) is 128 Å². The molecule has 1 fully saturated rings. The van der Waals surface area contributed by atoms with Gasteiger partial charge < -0.3 is 20.7 Å². The van der Waals surface area contributed by atoms with Gasteiger partial charge in [-0.25, -0.2) is 15.0 Å². The van der Waals surface area contributed by atoms with Crippen LogP contribution in [0.5, 0.6) is 0 Å². The van der Waals surface area contributed by atoms with E-state index < -0.39 is 0 Å². The smallest absolute Gasteiger partial charge is 0.256 e. The zero-order valence-electron chi connectivity index (χ0n) is 22.0. The van der Waals surface area contributed by atoms with Crippen LogP contribution in [-0.4, -0.2) is 56.3 Å². The van der Waals surface area contributed by atoms with E-state index in [2.05, 4.69) is 22.2 Å². The van der Waals surface area contributed by atoms with Gasteiger partial charge in [0, 0.05) is 49.4 Å². The molecule has 0 saturated carbocycles. The predicted molar refractivity (Wildman–Crippen MR) is 149 cm³/mol. The monoisotopic (exact) mass is 525 g/mol. The van der Waals surface area contributed by atoms with Crippen molar-refractivity contribution >= 4 is 29.0 Å². The van der Waals surface area contributed by atoms with E-state index >= 15 is 0 Å². The quantitative estimate of drug-likeness (QED) is 0.332. The molecule has 2 amide bonds. The molecule has 0 aliphatic carbocycles. The third-order valence-corrected chi connectivity index (χ3v) is 6.86. The van der Waals surface area contributed by atoms with E-state index in [1.165, 1.54) is 0 Å². The maximum Gasteiger partial charge on any atom is 0.256 e. The lowest BCUT2D eigenvalue weighted by Gasteiger charge is -2.22. The Labute approximate surface area is 226 Å². The second-order valence-corrected chi connectivity index (χ2v) is 9.33. The van der Waals surface area contributed by atoms with E-state index in [9.17, 15) is 9.59 Å². The van der Waals surface area contributed by atoms with E-state index in [1.54, 1.807) is 43.8 Å². The molecule has 4 heterocycles.